The Hall–Kier alpha value is -3.78. The lowest BCUT2D eigenvalue weighted by molar-refractivity contribution is -0.900. The van der Waals surface area contributed by atoms with Gasteiger partial charge in [0.15, 0.2) is 5.65 Å². The fourth-order valence-corrected chi connectivity index (χ4v) is 4.61. The molecule has 0 radical (unpaired) electrons. The van der Waals surface area contributed by atoms with E-state index < -0.39 is 0 Å². The predicted molar refractivity (Wildman–Crippen MR) is 130 cm³/mol. The van der Waals surface area contributed by atoms with Gasteiger partial charge < -0.3 is 15.1 Å². The molecule has 4 aromatic rings. The highest BCUT2D eigenvalue weighted by molar-refractivity contribution is 6.00. The molecule has 2 aromatic carbocycles. The number of nitrogens with one attached hydrogen (secondary N) is 2. The lowest BCUT2D eigenvalue weighted by atomic mass is 10.2. The van der Waals surface area contributed by atoms with Crippen LogP contribution in [0, 0.1) is 5.82 Å². The van der Waals surface area contributed by atoms with Gasteiger partial charge in [0.25, 0.3) is 11.5 Å². The minimum atomic E-state index is -0.236. The summed E-state index contributed by atoms with van der Waals surface area (Å²) >= 11 is 0. The largest absolute Gasteiger partial charge is 0.358 e. The van der Waals surface area contributed by atoms with Gasteiger partial charge in [-0.2, -0.15) is 0 Å². The first kappa shape index (κ1) is 22.0. The van der Waals surface area contributed by atoms with Crippen LogP contribution in [0.2, 0.25) is 0 Å². The number of aromatic nitrogens is 2. The summed E-state index contributed by atoms with van der Waals surface area (Å²) in [6, 6.07) is 17.4. The molecule has 2 aromatic heterocycles. The molecule has 3 heterocycles. The first-order chi connectivity index (χ1) is 16.6. The molecule has 0 unspecified atom stereocenters. The molecule has 0 aliphatic carbocycles. The maximum atomic E-state index is 14.0. The average molecular weight is 461 g/mol. The van der Waals surface area contributed by atoms with Gasteiger partial charge in [-0.05, 0) is 36.4 Å². The van der Waals surface area contributed by atoms with E-state index in [1.165, 1.54) is 15.4 Å². The summed E-state index contributed by atoms with van der Waals surface area (Å²) in [4.78, 5) is 33.8. The number of nitrogens with zero attached hydrogens (tertiary/aromatic N) is 3. The number of fused-ring (bicyclic) bond motifs is 2. The number of anilines is 1. The van der Waals surface area contributed by atoms with Gasteiger partial charge in [-0.25, -0.2) is 9.37 Å². The number of halogens is 1. The number of amides is 1. The number of carbonyl (C=O) groups excluding carboxylic acids is 1. The highest BCUT2D eigenvalue weighted by Crippen LogP contribution is 2.18. The van der Waals surface area contributed by atoms with Crippen molar-refractivity contribution in [1.29, 1.82) is 0 Å². The molecular weight excluding hydrogens is 433 g/mol. The van der Waals surface area contributed by atoms with Crippen molar-refractivity contribution in [3.05, 3.63) is 88.6 Å². The van der Waals surface area contributed by atoms with Crippen molar-refractivity contribution < 1.29 is 14.1 Å². The number of pyridine rings is 1. The molecule has 1 saturated heterocycles. The minimum absolute atomic E-state index is 0.174. The molecule has 2 N–H and O–H groups in total. The topological polar surface area (TPSA) is 71.2 Å². The monoisotopic (exact) mass is 460 g/mol. The number of quaternary nitrogens is 1. The molecule has 0 atom stereocenters. The zero-order valence-corrected chi connectivity index (χ0v) is 18.8. The molecule has 7 nitrogen and oxygen atoms in total. The highest BCUT2D eigenvalue weighted by atomic mass is 19.1. The Kier molecular flexibility index (Phi) is 6.22. The van der Waals surface area contributed by atoms with Crippen LogP contribution in [0.5, 0.6) is 0 Å². The zero-order valence-electron chi connectivity index (χ0n) is 18.8. The Morgan fingerprint density at radius 3 is 2.62 bits per heavy atom. The molecular formula is C26H27FN5O2+. The predicted octanol–water partition coefficient (Wildman–Crippen LogP) is 1.51. The van der Waals surface area contributed by atoms with Gasteiger partial charge >= 0.3 is 0 Å². The normalized spacial score (nSPS) is 14.6. The van der Waals surface area contributed by atoms with E-state index >= 15 is 0 Å². The van der Waals surface area contributed by atoms with Gasteiger partial charge in [0.2, 0.25) is 0 Å². The van der Waals surface area contributed by atoms with Crippen molar-refractivity contribution in [2.75, 3.05) is 44.2 Å². The quantitative estimate of drug-likeness (QED) is 0.338. The highest BCUT2D eigenvalue weighted by Gasteiger charge is 2.21. The number of para-hydroxylation sites is 2. The van der Waals surface area contributed by atoms with E-state index in [0.717, 1.165) is 39.1 Å². The van der Waals surface area contributed by atoms with Crippen molar-refractivity contribution >= 4 is 28.1 Å². The molecule has 8 heteroatoms. The second kappa shape index (κ2) is 9.61. The van der Waals surface area contributed by atoms with E-state index in [0.29, 0.717) is 34.3 Å². The van der Waals surface area contributed by atoms with E-state index in [1.54, 1.807) is 42.6 Å². The van der Waals surface area contributed by atoms with Gasteiger partial charge in [-0.1, -0.05) is 24.3 Å². The number of carbonyl (C=O) groups is 1. The van der Waals surface area contributed by atoms with Crippen LogP contribution in [0.25, 0.3) is 16.6 Å². The first-order valence-corrected chi connectivity index (χ1v) is 11.6. The average Bonchev–Trinajstić information content (AvgIpc) is 2.87. The second-order valence-electron chi connectivity index (χ2n) is 8.60. The van der Waals surface area contributed by atoms with Crippen molar-refractivity contribution in [3.8, 4) is 0 Å². The van der Waals surface area contributed by atoms with Gasteiger partial charge in [0, 0.05) is 19.2 Å². The third-order valence-corrected chi connectivity index (χ3v) is 6.45. The molecule has 174 valence electrons. The van der Waals surface area contributed by atoms with Gasteiger partial charge in [0.1, 0.15) is 5.82 Å². The molecule has 0 saturated carbocycles. The molecule has 34 heavy (non-hydrogen) atoms. The van der Waals surface area contributed by atoms with Gasteiger partial charge in [-0.3, -0.25) is 14.0 Å². The fourth-order valence-electron chi connectivity index (χ4n) is 4.61. The standard InChI is InChI=1S/C26H26FN5O2/c27-21-9-2-4-11-23(21)31-17-15-30(16-18-31)13-6-12-28-25(33)20-8-5-14-32-24(20)29-22-10-3-1-7-19(22)26(32)34/h1-5,7-11,14H,6,12-13,15-18H2,(H,28,33)/p+1. The fraction of sp³-hybridized carbons (Fsp3) is 0.269. The molecule has 1 aliphatic heterocycles. The van der Waals surface area contributed by atoms with Crippen LogP contribution in [0.3, 0.4) is 0 Å². The van der Waals surface area contributed by atoms with Crippen LogP contribution in [-0.4, -0.2) is 54.6 Å². The summed E-state index contributed by atoms with van der Waals surface area (Å²) in [7, 11) is 0. The summed E-state index contributed by atoms with van der Waals surface area (Å²) in [5, 5.41) is 3.50. The van der Waals surface area contributed by atoms with Crippen molar-refractivity contribution in [2.24, 2.45) is 0 Å². The van der Waals surface area contributed by atoms with Crippen LogP contribution in [-0.2, 0) is 0 Å². The van der Waals surface area contributed by atoms with E-state index in [4.69, 9.17) is 0 Å². The van der Waals surface area contributed by atoms with E-state index in [-0.39, 0.29) is 17.3 Å². The second-order valence-corrected chi connectivity index (χ2v) is 8.60. The number of hydrogen-bond donors (Lipinski definition) is 2. The van der Waals surface area contributed by atoms with Gasteiger partial charge in [0.05, 0.1) is 54.9 Å². The summed E-state index contributed by atoms with van der Waals surface area (Å²) < 4.78 is 15.4. The lowest BCUT2D eigenvalue weighted by Gasteiger charge is -2.33. The van der Waals surface area contributed by atoms with Crippen LogP contribution in [0.15, 0.2) is 71.7 Å². The lowest BCUT2D eigenvalue weighted by Crippen LogP contribution is -3.15. The third kappa shape index (κ3) is 4.36. The first-order valence-electron chi connectivity index (χ1n) is 11.6. The smallest absolute Gasteiger partial charge is 0.265 e. The molecule has 1 amide bonds. The molecule has 0 bridgehead atoms. The Morgan fingerprint density at radius 2 is 1.79 bits per heavy atom. The molecule has 1 aliphatic rings. The Bertz CT molecular complexity index is 1400. The molecule has 1 fully saturated rings. The molecule has 5 rings (SSSR count). The maximum absolute atomic E-state index is 14.0. The van der Waals surface area contributed by atoms with Crippen LogP contribution < -0.4 is 20.7 Å². The van der Waals surface area contributed by atoms with Crippen molar-refractivity contribution in [3.63, 3.8) is 0 Å². The SMILES string of the molecule is O=C(NCCC[NH+]1CCN(c2ccccc2F)CC1)c1cccn2c(=O)c3ccccc3nc12. The van der Waals surface area contributed by atoms with Gasteiger partial charge in [-0.15, -0.1) is 0 Å². The number of rotatable bonds is 6. The van der Waals surface area contributed by atoms with Crippen LogP contribution in [0.4, 0.5) is 10.1 Å². The number of benzene rings is 2. The van der Waals surface area contributed by atoms with E-state index in [9.17, 15) is 14.0 Å². The van der Waals surface area contributed by atoms with Crippen LogP contribution >= 0.6 is 0 Å². The van der Waals surface area contributed by atoms with E-state index in [2.05, 4.69) is 15.2 Å². The Labute approximate surface area is 196 Å². The maximum Gasteiger partial charge on any atom is 0.265 e. The summed E-state index contributed by atoms with van der Waals surface area (Å²) in [6.07, 6.45) is 2.47. The molecule has 0 spiro atoms. The summed E-state index contributed by atoms with van der Waals surface area (Å²) in [5.41, 5.74) is 1.80. The zero-order chi connectivity index (χ0) is 23.5. The van der Waals surface area contributed by atoms with Crippen molar-refractivity contribution in [1.82, 2.24) is 14.7 Å². The number of hydrogen-bond acceptors (Lipinski definition) is 4. The minimum Gasteiger partial charge on any atom is -0.358 e. The van der Waals surface area contributed by atoms with E-state index in [1.807, 2.05) is 18.2 Å². The van der Waals surface area contributed by atoms with Crippen molar-refractivity contribution in [2.45, 2.75) is 6.42 Å². The number of piperazine rings is 1. The Balaban J connectivity index is 1.17. The Morgan fingerprint density at radius 1 is 1.03 bits per heavy atom. The van der Waals surface area contributed by atoms with Crippen LogP contribution in [0.1, 0.15) is 16.8 Å². The third-order valence-electron chi connectivity index (χ3n) is 6.45. The summed E-state index contributed by atoms with van der Waals surface area (Å²) in [6.45, 7) is 4.97. The summed E-state index contributed by atoms with van der Waals surface area (Å²) in [5.74, 6) is -0.411.